The molecule has 5 nitrogen and oxygen atoms in total. The maximum absolute atomic E-state index is 12.4. The van der Waals surface area contributed by atoms with Crippen LogP contribution < -0.4 is 5.32 Å². The number of nitrogens with one attached hydrogen (secondary N) is 1. The van der Waals surface area contributed by atoms with E-state index in [2.05, 4.69) is 19.2 Å². The first kappa shape index (κ1) is 17.6. The van der Waals surface area contributed by atoms with Crippen LogP contribution in [0, 0.1) is 11.3 Å². The minimum Gasteiger partial charge on any atom is -0.508 e. The van der Waals surface area contributed by atoms with Gasteiger partial charge in [0.2, 0.25) is 0 Å². The van der Waals surface area contributed by atoms with Crippen molar-refractivity contribution in [3.8, 4) is 5.75 Å². The number of benzene rings is 1. The lowest BCUT2D eigenvalue weighted by Gasteiger charge is -2.27. The number of likely N-dealkylation sites (N-methyl/N-ethyl adjacent to an activating group) is 1. The lowest BCUT2D eigenvalue weighted by atomic mass is 9.92. The number of amides is 2. The van der Waals surface area contributed by atoms with E-state index in [-0.39, 0.29) is 23.7 Å². The van der Waals surface area contributed by atoms with Crippen molar-refractivity contribution >= 4 is 6.03 Å². The van der Waals surface area contributed by atoms with Crippen molar-refractivity contribution in [3.05, 3.63) is 29.8 Å². The highest BCUT2D eigenvalue weighted by Gasteiger charge is 2.45. The third kappa shape index (κ3) is 4.38. The van der Waals surface area contributed by atoms with Gasteiger partial charge in [0.1, 0.15) is 5.75 Å². The van der Waals surface area contributed by atoms with E-state index >= 15 is 0 Å². The van der Waals surface area contributed by atoms with Gasteiger partial charge in [0.05, 0.1) is 12.6 Å². The van der Waals surface area contributed by atoms with E-state index in [9.17, 15) is 15.0 Å². The summed E-state index contributed by atoms with van der Waals surface area (Å²) in [6.07, 6.45) is 1.53. The summed E-state index contributed by atoms with van der Waals surface area (Å²) in [5, 5.41) is 22.8. The van der Waals surface area contributed by atoms with E-state index in [4.69, 9.17) is 0 Å². The summed E-state index contributed by atoms with van der Waals surface area (Å²) in [6.45, 7) is 7.72. The molecule has 0 heterocycles. The summed E-state index contributed by atoms with van der Waals surface area (Å²) in [5.74, 6) is 0.678. The normalized spacial score (nSPS) is 16.9. The lowest BCUT2D eigenvalue weighted by molar-refractivity contribution is 0.122. The average Bonchev–Trinajstić information content (AvgIpc) is 3.31. The van der Waals surface area contributed by atoms with Gasteiger partial charge in [0.15, 0.2) is 0 Å². The van der Waals surface area contributed by atoms with Crippen molar-refractivity contribution in [2.75, 3.05) is 19.6 Å². The number of urea groups is 1. The van der Waals surface area contributed by atoms with Gasteiger partial charge in [-0.2, -0.15) is 0 Å². The Morgan fingerprint density at radius 2 is 2.09 bits per heavy atom. The Balaban J connectivity index is 1.90. The molecule has 1 aliphatic carbocycles. The second-order valence-corrected chi connectivity index (χ2v) is 6.83. The molecule has 0 saturated heterocycles. The van der Waals surface area contributed by atoms with Crippen LogP contribution in [0.4, 0.5) is 4.79 Å². The van der Waals surface area contributed by atoms with Crippen LogP contribution in [-0.2, 0) is 0 Å². The van der Waals surface area contributed by atoms with Crippen LogP contribution in [0.25, 0.3) is 0 Å². The largest absolute Gasteiger partial charge is 0.508 e. The zero-order valence-electron chi connectivity index (χ0n) is 14.2. The molecule has 1 saturated carbocycles. The van der Waals surface area contributed by atoms with Gasteiger partial charge < -0.3 is 20.4 Å². The summed E-state index contributed by atoms with van der Waals surface area (Å²) in [5.41, 5.74) is 0.871. The van der Waals surface area contributed by atoms with Gasteiger partial charge in [0.25, 0.3) is 0 Å². The number of carbonyl (C=O) groups excluding carboxylic acids is 1. The third-order valence-electron chi connectivity index (χ3n) is 5.03. The zero-order valence-corrected chi connectivity index (χ0v) is 14.2. The predicted octanol–water partition coefficient (Wildman–Crippen LogP) is 2.89. The molecule has 1 aromatic rings. The molecule has 0 aromatic heterocycles. The highest BCUT2D eigenvalue weighted by atomic mass is 16.3. The number of hydrogen-bond donors (Lipinski definition) is 3. The monoisotopic (exact) mass is 320 g/mol. The molecule has 23 heavy (non-hydrogen) atoms. The average molecular weight is 320 g/mol. The van der Waals surface area contributed by atoms with E-state index in [0.29, 0.717) is 24.6 Å². The summed E-state index contributed by atoms with van der Waals surface area (Å²) in [6, 6.07) is 6.37. The zero-order chi connectivity index (χ0) is 17.0. The van der Waals surface area contributed by atoms with Crippen LogP contribution in [-0.4, -0.2) is 40.8 Å². The van der Waals surface area contributed by atoms with E-state index in [0.717, 1.165) is 0 Å². The number of carbonyl (C=O) groups is 1. The summed E-state index contributed by atoms with van der Waals surface area (Å²) >= 11 is 0. The maximum atomic E-state index is 12.4. The van der Waals surface area contributed by atoms with Gasteiger partial charge in [-0.15, -0.1) is 0 Å². The van der Waals surface area contributed by atoms with Crippen LogP contribution in [0.3, 0.4) is 0 Å². The molecule has 0 bridgehead atoms. The molecule has 128 valence electrons. The molecule has 1 aliphatic rings. The fraction of sp³-hybridized carbons (Fsp3) is 0.611. The second kappa shape index (κ2) is 7.21. The number of aromatic hydroxyl groups is 1. The Labute approximate surface area is 138 Å². The highest BCUT2D eigenvalue weighted by molar-refractivity contribution is 5.74. The van der Waals surface area contributed by atoms with E-state index in [1.54, 1.807) is 23.1 Å². The van der Waals surface area contributed by atoms with Crippen LogP contribution >= 0.6 is 0 Å². The fourth-order valence-electron chi connectivity index (χ4n) is 2.88. The highest BCUT2D eigenvalue weighted by Crippen LogP contribution is 2.51. The quantitative estimate of drug-likeness (QED) is 0.723. The molecule has 3 N–H and O–H groups in total. The predicted molar refractivity (Wildman–Crippen MR) is 90.2 cm³/mol. The van der Waals surface area contributed by atoms with Crippen molar-refractivity contribution in [1.82, 2.24) is 10.2 Å². The minimum atomic E-state index is -0.812. The summed E-state index contributed by atoms with van der Waals surface area (Å²) in [4.78, 5) is 14.0. The van der Waals surface area contributed by atoms with Gasteiger partial charge in [-0.3, -0.25) is 0 Å². The molecule has 0 spiro atoms. The topological polar surface area (TPSA) is 72.8 Å². The van der Waals surface area contributed by atoms with Crippen molar-refractivity contribution < 1.29 is 15.0 Å². The standard InChI is InChI=1S/C18H28N2O3/c1-4-20(11-16(22)14-6-5-7-15(21)10-14)17(23)19-12-18(8-9-18)13(2)3/h5-7,10,13,16,21-22H,4,8-9,11-12H2,1-3H3,(H,19,23)/t16-/m1/s1. The molecule has 0 aliphatic heterocycles. The summed E-state index contributed by atoms with van der Waals surface area (Å²) < 4.78 is 0. The van der Waals surface area contributed by atoms with Gasteiger partial charge in [-0.1, -0.05) is 26.0 Å². The molecular formula is C18H28N2O3. The molecule has 1 aromatic carbocycles. The van der Waals surface area contributed by atoms with Crippen LogP contribution in [0.5, 0.6) is 5.75 Å². The van der Waals surface area contributed by atoms with Crippen molar-refractivity contribution in [1.29, 1.82) is 0 Å². The molecule has 0 unspecified atom stereocenters. The van der Waals surface area contributed by atoms with E-state index in [1.165, 1.54) is 18.9 Å². The van der Waals surface area contributed by atoms with Gasteiger partial charge in [-0.05, 0) is 48.8 Å². The Bertz CT molecular complexity index is 541. The smallest absolute Gasteiger partial charge is 0.317 e. The molecule has 1 fully saturated rings. The lowest BCUT2D eigenvalue weighted by Crippen LogP contribution is -2.44. The number of phenolic OH excluding ortho intramolecular Hbond substituents is 1. The number of aliphatic hydroxyl groups excluding tert-OH is 1. The second-order valence-electron chi connectivity index (χ2n) is 6.83. The molecule has 2 amide bonds. The SMILES string of the molecule is CCN(C[C@@H](O)c1cccc(O)c1)C(=O)NCC1(C(C)C)CC1. The van der Waals surface area contributed by atoms with E-state index in [1.807, 2.05) is 6.92 Å². The van der Waals surface area contributed by atoms with Crippen LogP contribution in [0.2, 0.25) is 0 Å². The summed E-state index contributed by atoms with van der Waals surface area (Å²) in [7, 11) is 0. The molecule has 5 heteroatoms. The van der Waals surface area contributed by atoms with Gasteiger partial charge in [-0.25, -0.2) is 4.79 Å². The number of nitrogens with zero attached hydrogens (tertiary/aromatic N) is 1. The van der Waals surface area contributed by atoms with Crippen LogP contribution in [0.1, 0.15) is 45.3 Å². The molecule has 1 atom stereocenters. The number of hydrogen-bond acceptors (Lipinski definition) is 3. The Hall–Kier alpha value is -1.75. The number of phenols is 1. The van der Waals surface area contributed by atoms with Gasteiger partial charge >= 0.3 is 6.03 Å². The first-order valence-electron chi connectivity index (χ1n) is 8.37. The Morgan fingerprint density at radius 3 is 2.61 bits per heavy atom. The molecule has 2 rings (SSSR count). The third-order valence-corrected chi connectivity index (χ3v) is 5.03. The fourth-order valence-corrected chi connectivity index (χ4v) is 2.88. The molecular weight excluding hydrogens is 292 g/mol. The first-order valence-corrected chi connectivity index (χ1v) is 8.37. The van der Waals surface area contributed by atoms with Gasteiger partial charge in [0, 0.05) is 13.1 Å². The van der Waals surface area contributed by atoms with E-state index < -0.39 is 6.10 Å². The minimum absolute atomic E-state index is 0.113. The number of aliphatic hydroxyl groups is 1. The van der Waals surface area contributed by atoms with Crippen LogP contribution in [0.15, 0.2) is 24.3 Å². The first-order chi connectivity index (χ1) is 10.9. The van der Waals surface area contributed by atoms with Crippen molar-refractivity contribution in [2.24, 2.45) is 11.3 Å². The van der Waals surface area contributed by atoms with Crippen molar-refractivity contribution in [2.45, 2.75) is 39.7 Å². The Morgan fingerprint density at radius 1 is 1.39 bits per heavy atom. The number of rotatable bonds is 7. The maximum Gasteiger partial charge on any atom is 0.317 e. The Kier molecular flexibility index (Phi) is 5.52. The van der Waals surface area contributed by atoms with Crippen molar-refractivity contribution in [3.63, 3.8) is 0 Å². The molecule has 0 radical (unpaired) electrons.